The molecule has 0 atom stereocenters. The van der Waals surface area contributed by atoms with E-state index < -0.39 is 16.0 Å². The van der Waals surface area contributed by atoms with E-state index in [0.717, 1.165) is 5.56 Å². The summed E-state index contributed by atoms with van der Waals surface area (Å²) in [4.78, 5) is 26.5. The summed E-state index contributed by atoms with van der Waals surface area (Å²) in [7, 11) is -3.53. The van der Waals surface area contributed by atoms with Crippen LogP contribution < -0.4 is 0 Å². The molecule has 180 valence electrons. The second-order valence-electron chi connectivity index (χ2n) is 8.91. The fourth-order valence-electron chi connectivity index (χ4n) is 3.48. The van der Waals surface area contributed by atoms with Crippen LogP contribution in [-0.2, 0) is 35.5 Å². The number of sulfonamides is 1. The number of ether oxygens (including phenoxy) is 2. The molecular weight excluding hydrogens is 432 g/mol. The molecule has 0 aromatic heterocycles. The first kappa shape index (κ1) is 26.3. The van der Waals surface area contributed by atoms with E-state index in [1.807, 2.05) is 27.7 Å². The van der Waals surface area contributed by atoms with Crippen LogP contribution in [0.3, 0.4) is 0 Å². The molecule has 2 rings (SSSR count). The van der Waals surface area contributed by atoms with Crippen LogP contribution in [0.15, 0.2) is 29.2 Å². The highest BCUT2D eigenvalue weighted by atomic mass is 32.2. The van der Waals surface area contributed by atoms with Crippen LogP contribution in [-0.4, -0.2) is 75.5 Å². The molecular formula is C23H36N2O6S. The maximum atomic E-state index is 12.7. The van der Waals surface area contributed by atoms with Crippen molar-refractivity contribution in [2.24, 2.45) is 11.8 Å². The standard InChI is InChI=1S/C23H36N2O6S/c1-18(2)15-24(16-19(3)4)22(26)17-31-23(27)10-7-20-5-8-21(9-6-20)32(28,29)25-11-13-30-14-12-25/h5-6,8-9,18-19H,7,10-17H2,1-4H3. The van der Waals surface area contributed by atoms with Gasteiger partial charge >= 0.3 is 5.97 Å². The maximum absolute atomic E-state index is 12.7. The molecule has 1 aliphatic rings. The van der Waals surface area contributed by atoms with Gasteiger partial charge in [0.15, 0.2) is 6.61 Å². The predicted octanol–water partition coefficient (Wildman–Crippen LogP) is 2.32. The number of amides is 1. The minimum atomic E-state index is -3.53. The Morgan fingerprint density at radius 1 is 1.03 bits per heavy atom. The van der Waals surface area contributed by atoms with Gasteiger partial charge in [-0.25, -0.2) is 8.42 Å². The minimum absolute atomic E-state index is 0.122. The van der Waals surface area contributed by atoms with E-state index >= 15 is 0 Å². The average molecular weight is 469 g/mol. The second kappa shape index (κ2) is 12.3. The van der Waals surface area contributed by atoms with Crippen LogP contribution in [0.4, 0.5) is 0 Å². The highest BCUT2D eigenvalue weighted by Crippen LogP contribution is 2.18. The Bertz CT molecular complexity index is 836. The zero-order valence-corrected chi connectivity index (χ0v) is 20.4. The van der Waals surface area contributed by atoms with Crippen molar-refractivity contribution >= 4 is 21.9 Å². The Morgan fingerprint density at radius 3 is 2.12 bits per heavy atom. The maximum Gasteiger partial charge on any atom is 0.306 e. The van der Waals surface area contributed by atoms with Crippen LogP contribution in [0.25, 0.3) is 0 Å². The van der Waals surface area contributed by atoms with Crippen LogP contribution in [0.1, 0.15) is 39.7 Å². The summed E-state index contributed by atoms with van der Waals surface area (Å²) >= 11 is 0. The van der Waals surface area contributed by atoms with Gasteiger partial charge in [0.2, 0.25) is 10.0 Å². The lowest BCUT2D eigenvalue weighted by molar-refractivity contribution is -0.152. The molecule has 0 spiro atoms. The van der Waals surface area contributed by atoms with Crippen LogP contribution in [0, 0.1) is 11.8 Å². The molecule has 8 nitrogen and oxygen atoms in total. The van der Waals surface area contributed by atoms with Crippen molar-refractivity contribution in [3.8, 4) is 0 Å². The predicted molar refractivity (Wildman–Crippen MR) is 122 cm³/mol. The third-order valence-electron chi connectivity index (χ3n) is 5.03. The fourth-order valence-corrected chi connectivity index (χ4v) is 4.88. The van der Waals surface area contributed by atoms with Crippen molar-refractivity contribution in [3.63, 3.8) is 0 Å². The summed E-state index contributed by atoms with van der Waals surface area (Å²) in [5.74, 6) is 0.0442. The van der Waals surface area contributed by atoms with Gasteiger partial charge in [0.1, 0.15) is 0 Å². The highest BCUT2D eigenvalue weighted by Gasteiger charge is 2.26. The second-order valence-corrected chi connectivity index (χ2v) is 10.8. The fraction of sp³-hybridized carbons (Fsp3) is 0.652. The monoisotopic (exact) mass is 468 g/mol. The number of rotatable bonds is 11. The van der Waals surface area contributed by atoms with Crippen LogP contribution in [0.2, 0.25) is 0 Å². The first-order chi connectivity index (χ1) is 15.1. The van der Waals surface area contributed by atoms with E-state index in [4.69, 9.17) is 9.47 Å². The number of esters is 1. The summed E-state index contributed by atoms with van der Waals surface area (Å²) in [5.41, 5.74) is 0.829. The lowest BCUT2D eigenvalue weighted by atomic mass is 10.1. The smallest absolute Gasteiger partial charge is 0.306 e. The molecule has 0 bridgehead atoms. The lowest BCUT2D eigenvalue weighted by Gasteiger charge is -2.26. The topological polar surface area (TPSA) is 93.2 Å². The van der Waals surface area contributed by atoms with Gasteiger partial charge in [-0.05, 0) is 36.0 Å². The van der Waals surface area contributed by atoms with Crippen molar-refractivity contribution in [2.45, 2.75) is 45.4 Å². The molecule has 1 aromatic rings. The lowest BCUT2D eigenvalue weighted by Crippen LogP contribution is -2.40. The van der Waals surface area contributed by atoms with E-state index in [9.17, 15) is 18.0 Å². The van der Waals surface area contributed by atoms with E-state index in [-0.39, 0.29) is 23.8 Å². The number of nitrogens with zero attached hydrogens (tertiary/aromatic N) is 2. The first-order valence-corrected chi connectivity index (χ1v) is 12.6. The van der Waals surface area contributed by atoms with Gasteiger partial charge in [0.05, 0.1) is 18.1 Å². The molecule has 1 aliphatic heterocycles. The van der Waals surface area contributed by atoms with Gasteiger partial charge in [0, 0.05) is 32.6 Å². The third kappa shape index (κ3) is 8.18. The normalized spacial score (nSPS) is 15.2. The quantitative estimate of drug-likeness (QED) is 0.463. The Hall–Kier alpha value is -1.97. The molecule has 0 saturated carbocycles. The number of hydrogen-bond acceptors (Lipinski definition) is 6. The minimum Gasteiger partial charge on any atom is -0.456 e. The Labute approximate surface area is 191 Å². The van der Waals surface area contributed by atoms with Gasteiger partial charge in [-0.1, -0.05) is 39.8 Å². The van der Waals surface area contributed by atoms with Crippen LogP contribution >= 0.6 is 0 Å². The van der Waals surface area contributed by atoms with E-state index in [1.54, 1.807) is 29.2 Å². The van der Waals surface area contributed by atoms with Gasteiger partial charge in [-0.15, -0.1) is 0 Å². The number of carbonyl (C=O) groups excluding carboxylic acids is 2. The van der Waals surface area contributed by atoms with Crippen molar-refractivity contribution in [2.75, 3.05) is 46.0 Å². The van der Waals surface area contributed by atoms with E-state index in [0.29, 0.717) is 57.6 Å². The summed E-state index contributed by atoms with van der Waals surface area (Å²) in [6, 6.07) is 6.53. The largest absolute Gasteiger partial charge is 0.456 e. The molecule has 0 radical (unpaired) electrons. The zero-order chi connectivity index (χ0) is 23.7. The Kier molecular flexibility index (Phi) is 10.1. The molecule has 1 fully saturated rings. The average Bonchev–Trinajstić information content (AvgIpc) is 2.75. The molecule has 9 heteroatoms. The summed E-state index contributed by atoms with van der Waals surface area (Å²) in [5, 5.41) is 0. The summed E-state index contributed by atoms with van der Waals surface area (Å²) in [6.45, 7) is 10.7. The summed E-state index contributed by atoms with van der Waals surface area (Å²) in [6.07, 6.45) is 0.532. The Morgan fingerprint density at radius 2 is 1.59 bits per heavy atom. The zero-order valence-electron chi connectivity index (χ0n) is 19.6. The number of aryl methyl sites for hydroxylation is 1. The molecule has 32 heavy (non-hydrogen) atoms. The van der Waals surface area contributed by atoms with Gasteiger partial charge in [-0.2, -0.15) is 4.31 Å². The number of hydrogen-bond donors (Lipinski definition) is 0. The SMILES string of the molecule is CC(C)CN(CC(C)C)C(=O)COC(=O)CCc1ccc(S(=O)(=O)N2CCOCC2)cc1. The first-order valence-electron chi connectivity index (χ1n) is 11.2. The number of morpholine rings is 1. The van der Waals surface area contributed by atoms with Gasteiger partial charge < -0.3 is 14.4 Å². The molecule has 0 unspecified atom stereocenters. The van der Waals surface area contributed by atoms with Gasteiger partial charge in [-0.3, -0.25) is 9.59 Å². The number of benzene rings is 1. The number of carbonyl (C=O) groups is 2. The van der Waals surface area contributed by atoms with Crippen molar-refractivity contribution in [1.82, 2.24) is 9.21 Å². The molecule has 1 aromatic carbocycles. The van der Waals surface area contributed by atoms with Crippen molar-refractivity contribution in [3.05, 3.63) is 29.8 Å². The third-order valence-corrected chi connectivity index (χ3v) is 6.94. The molecule has 1 saturated heterocycles. The molecule has 1 heterocycles. The summed E-state index contributed by atoms with van der Waals surface area (Å²) < 4.78 is 37.1. The molecule has 0 aliphatic carbocycles. The van der Waals surface area contributed by atoms with E-state index in [2.05, 4.69) is 0 Å². The van der Waals surface area contributed by atoms with Gasteiger partial charge in [0.25, 0.3) is 5.91 Å². The van der Waals surface area contributed by atoms with Crippen LogP contribution in [0.5, 0.6) is 0 Å². The molecule has 1 amide bonds. The molecule has 0 N–H and O–H groups in total. The highest BCUT2D eigenvalue weighted by molar-refractivity contribution is 7.89. The Balaban J connectivity index is 1.83. The van der Waals surface area contributed by atoms with Crippen molar-refractivity contribution in [1.29, 1.82) is 0 Å². The van der Waals surface area contributed by atoms with Crippen molar-refractivity contribution < 1.29 is 27.5 Å². The van der Waals surface area contributed by atoms with E-state index in [1.165, 1.54) is 4.31 Å².